The average molecular weight is 208 g/mol. The van der Waals surface area contributed by atoms with Crippen LogP contribution in [0, 0.1) is 6.92 Å². The lowest BCUT2D eigenvalue weighted by molar-refractivity contribution is 0.147. The highest BCUT2D eigenvalue weighted by Crippen LogP contribution is 2.34. The van der Waals surface area contributed by atoms with E-state index in [1.807, 2.05) is 0 Å². The van der Waals surface area contributed by atoms with Crippen LogP contribution in [0.5, 0.6) is 5.75 Å². The number of hydrogen-bond acceptors (Lipinski definition) is 2. The molecule has 2 nitrogen and oxygen atoms in total. The molecule has 1 heterocycles. The van der Waals surface area contributed by atoms with E-state index in [9.17, 15) is 8.78 Å². The molecule has 0 aliphatic rings. The number of ether oxygens (including phenoxy) is 1. The zero-order valence-electron chi connectivity index (χ0n) is 7.14. The van der Waals surface area contributed by atoms with Gasteiger partial charge in [0.2, 0.25) is 0 Å². The number of aromatic nitrogens is 1. The molecular weight excluding hydrogens is 200 g/mol. The predicted octanol–water partition coefficient (Wildman–Crippen LogP) is 2.99. The van der Waals surface area contributed by atoms with Gasteiger partial charge in [-0.3, -0.25) is 0 Å². The SMILES string of the molecule is COc1c(C(F)F)cc(C)nc1Cl. The van der Waals surface area contributed by atoms with Crippen LogP contribution < -0.4 is 4.74 Å². The number of nitrogens with zero attached hydrogens (tertiary/aromatic N) is 1. The quantitative estimate of drug-likeness (QED) is 0.696. The maximum absolute atomic E-state index is 12.4. The van der Waals surface area contributed by atoms with Crippen molar-refractivity contribution in [1.82, 2.24) is 4.98 Å². The minimum absolute atomic E-state index is 0.0298. The van der Waals surface area contributed by atoms with E-state index < -0.39 is 6.43 Å². The zero-order chi connectivity index (χ0) is 10.0. The van der Waals surface area contributed by atoms with Crippen molar-refractivity contribution in [3.8, 4) is 5.75 Å². The van der Waals surface area contributed by atoms with E-state index in [-0.39, 0.29) is 16.5 Å². The number of alkyl halides is 2. The summed E-state index contributed by atoms with van der Waals surface area (Å²) in [6.45, 7) is 1.59. The Balaban J connectivity index is 3.29. The number of pyridine rings is 1. The third-order valence-electron chi connectivity index (χ3n) is 1.53. The molecule has 0 N–H and O–H groups in total. The molecule has 0 saturated carbocycles. The van der Waals surface area contributed by atoms with Crippen LogP contribution in [0.15, 0.2) is 6.07 Å². The van der Waals surface area contributed by atoms with Crippen molar-refractivity contribution in [1.29, 1.82) is 0 Å². The van der Waals surface area contributed by atoms with Crippen molar-refractivity contribution in [3.05, 3.63) is 22.5 Å². The maximum Gasteiger partial charge on any atom is 0.267 e. The second-order valence-electron chi connectivity index (χ2n) is 2.48. The van der Waals surface area contributed by atoms with Gasteiger partial charge in [0.1, 0.15) is 0 Å². The Morgan fingerprint density at radius 2 is 2.15 bits per heavy atom. The van der Waals surface area contributed by atoms with Gasteiger partial charge in [-0.25, -0.2) is 13.8 Å². The molecule has 1 rings (SSSR count). The molecule has 0 radical (unpaired) electrons. The highest BCUT2D eigenvalue weighted by Gasteiger charge is 2.17. The number of hydrogen-bond donors (Lipinski definition) is 0. The fourth-order valence-corrected chi connectivity index (χ4v) is 1.33. The number of halogens is 3. The largest absolute Gasteiger partial charge is 0.493 e. The monoisotopic (exact) mass is 207 g/mol. The Kier molecular flexibility index (Phi) is 3.03. The smallest absolute Gasteiger partial charge is 0.267 e. The van der Waals surface area contributed by atoms with Gasteiger partial charge in [-0.2, -0.15) is 0 Å². The Labute approximate surface area is 79.5 Å². The van der Waals surface area contributed by atoms with Crippen LogP contribution in [0.3, 0.4) is 0 Å². The van der Waals surface area contributed by atoms with Crippen molar-refractivity contribution in [2.75, 3.05) is 7.11 Å². The van der Waals surface area contributed by atoms with E-state index in [4.69, 9.17) is 16.3 Å². The molecule has 0 spiro atoms. The molecule has 72 valence electrons. The van der Waals surface area contributed by atoms with Crippen molar-refractivity contribution in [3.63, 3.8) is 0 Å². The molecule has 0 aliphatic heterocycles. The van der Waals surface area contributed by atoms with Crippen LogP contribution in [0.25, 0.3) is 0 Å². The third-order valence-corrected chi connectivity index (χ3v) is 1.78. The van der Waals surface area contributed by atoms with E-state index in [1.54, 1.807) is 6.92 Å². The average Bonchev–Trinajstić information content (AvgIpc) is 2.02. The summed E-state index contributed by atoms with van der Waals surface area (Å²) in [5, 5.41) is -0.0298. The highest BCUT2D eigenvalue weighted by molar-refractivity contribution is 6.31. The molecule has 1 aromatic rings. The second kappa shape index (κ2) is 3.87. The summed E-state index contributed by atoms with van der Waals surface area (Å²) in [7, 11) is 1.28. The Hall–Kier alpha value is -0.900. The van der Waals surface area contributed by atoms with Crippen LogP contribution in [0.4, 0.5) is 8.78 Å². The first-order valence-corrected chi connectivity index (χ1v) is 3.93. The summed E-state index contributed by atoms with van der Waals surface area (Å²) in [5.74, 6) is -0.0535. The minimum atomic E-state index is -2.60. The second-order valence-corrected chi connectivity index (χ2v) is 2.84. The molecule has 13 heavy (non-hydrogen) atoms. The number of rotatable bonds is 2. The van der Waals surface area contributed by atoms with Gasteiger partial charge in [-0.1, -0.05) is 11.6 Å². The summed E-state index contributed by atoms with van der Waals surface area (Å²) in [6.07, 6.45) is -2.60. The van der Waals surface area contributed by atoms with E-state index in [0.717, 1.165) is 0 Å². The lowest BCUT2D eigenvalue weighted by Crippen LogP contribution is -1.97. The first-order valence-electron chi connectivity index (χ1n) is 3.55. The summed E-state index contributed by atoms with van der Waals surface area (Å²) < 4.78 is 29.5. The lowest BCUT2D eigenvalue weighted by Gasteiger charge is -2.09. The van der Waals surface area contributed by atoms with Gasteiger partial charge in [-0.05, 0) is 13.0 Å². The molecule has 0 fully saturated rings. The summed E-state index contributed by atoms with van der Waals surface area (Å²) >= 11 is 5.61. The number of aryl methyl sites for hydroxylation is 1. The van der Waals surface area contributed by atoms with Crippen LogP contribution >= 0.6 is 11.6 Å². The Morgan fingerprint density at radius 1 is 1.54 bits per heavy atom. The van der Waals surface area contributed by atoms with Gasteiger partial charge in [0.25, 0.3) is 6.43 Å². The molecule has 0 unspecified atom stereocenters. The summed E-state index contributed by atoms with van der Waals surface area (Å²) in [5.41, 5.74) is 0.223. The van der Waals surface area contributed by atoms with Gasteiger partial charge in [0.05, 0.1) is 12.7 Å². The van der Waals surface area contributed by atoms with Crippen molar-refractivity contribution in [2.24, 2.45) is 0 Å². The van der Waals surface area contributed by atoms with Crippen LogP contribution in [0.2, 0.25) is 5.15 Å². The first kappa shape index (κ1) is 10.2. The molecule has 0 saturated heterocycles. The molecule has 5 heteroatoms. The third kappa shape index (κ3) is 2.06. The molecule has 0 amide bonds. The standard InChI is InChI=1S/C8H8ClF2NO/c1-4-3-5(8(10)11)6(13-2)7(9)12-4/h3,8H,1-2H3. The molecule has 0 aromatic carbocycles. The van der Waals surface area contributed by atoms with Gasteiger partial charge >= 0.3 is 0 Å². The fraction of sp³-hybridized carbons (Fsp3) is 0.375. The van der Waals surface area contributed by atoms with Crippen LogP contribution in [-0.4, -0.2) is 12.1 Å². The fourth-order valence-electron chi connectivity index (χ4n) is 1.01. The van der Waals surface area contributed by atoms with E-state index in [2.05, 4.69) is 4.98 Å². The van der Waals surface area contributed by atoms with Crippen molar-refractivity contribution < 1.29 is 13.5 Å². The molecule has 0 bridgehead atoms. The first-order chi connectivity index (χ1) is 6.06. The normalized spacial score (nSPS) is 10.6. The van der Waals surface area contributed by atoms with Gasteiger partial charge in [-0.15, -0.1) is 0 Å². The van der Waals surface area contributed by atoms with E-state index in [0.29, 0.717) is 5.69 Å². The van der Waals surface area contributed by atoms with Crippen molar-refractivity contribution >= 4 is 11.6 Å². The molecule has 1 aromatic heterocycles. The molecule has 0 atom stereocenters. The molecular formula is C8H8ClF2NO. The van der Waals surface area contributed by atoms with Gasteiger partial charge < -0.3 is 4.74 Å². The van der Waals surface area contributed by atoms with Crippen molar-refractivity contribution in [2.45, 2.75) is 13.3 Å². The Morgan fingerprint density at radius 3 is 2.62 bits per heavy atom. The summed E-state index contributed by atoms with van der Waals surface area (Å²) in [6, 6.07) is 1.26. The number of methoxy groups -OCH3 is 1. The van der Waals surface area contributed by atoms with E-state index >= 15 is 0 Å². The van der Waals surface area contributed by atoms with Gasteiger partial charge in [0.15, 0.2) is 10.9 Å². The summed E-state index contributed by atoms with van der Waals surface area (Å²) in [4.78, 5) is 3.79. The van der Waals surface area contributed by atoms with Crippen LogP contribution in [-0.2, 0) is 0 Å². The topological polar surface area (TPSA) is 22.1 Å². The maximum atomic E-state index is 12.4. The Bertz CT molecular complexity index is 317. The predicted molar refractivity (Wildman–Crippen MR) is 45.5 cm³/mol. The lowest BCUT2D eigenvalue weighted by atomic mass is 10.2. The van der Waals surface area contributed by atoms with E-state index in [1.165, 1.54) is 13.2 Å². The minimum Gasteiger partial charge on any atom is -0.493 e. The zero-order valence-corrected chi connectivity index (χ0v) is 7.90. The molecule has 0 aliphatic carbocycles. The van der Waals surface area contributed by atoms with Crippen LogP contribution in [0.1, 0.15) is 17.7 Å². The van der Waals surface area contributed by atoms with Gasteiger partial charge in [0, 0.05) is 5.69 Å². The highest BCUT2D eigenvalue weighted by atomic mass is 35.5.